The van der Waals surface area contributed by atoms with Gasteiger partial charge in [0.25, 0.3) is 0 Å². The molecule has 2 nitrogen and oxygen atoms in total. The largest absolute Gasteiger partial charge is 0.396 e. The number of likely N-dealkylation sites (tertiary alicyclic amines) is 1. The lowest BCUT2D eigenvalue weighted by Gasteiger charge is -2.52. The highest BCUT2D eigenvalue weighted by Gasteiger charge is 2.47. The van der Waals surface area contributed by atoms with Crippen LogP contribution in [0.3, 0.4) is 0 Å². The van der Waals surface area contributed by atoms with Gasteiger partial charge in [0.15, 0.2) is 0 Å². The number of nitrogens with zero attached hydrogens (tertiary/aromatic N) is 1. The number of piperidine rings is 1. The molecule has 1 aromatic rings. The van der Waals surface area contributed by atoms with Crippen molar-refractivity contribution in [2.75, 3.05) is 26.4 Å². The van der Waals surface area contributed by atoms with Crippen LogP contribution in [-0.4, -0.2) is 36.4 Å². The monoisotopic (exact) mass is 325 g/mol. The fourth-order valence-electron chi connectivity index (χ4n) is 4.50. The molecule has 1 aliphatic carbocycles. The van der Waals surface area contributed by atoms with E-state index in [1.807, 2.05) is 0 Å². The van der Waals surface area contributed by atoms with E-state index in [-0.39, 0.29) is 18.8 Å². The van der Waals surface area contributed by atoms with Crippen LogP contribution in [0.4, 0.5) is 4.39 Å². The topological polar surface area (TPSA) is 23.5 Å². The summed E-state index contributed by atoms with van der Waals surface area (Å²) in [7, 11) is 0. The minimum atomic E-state index is -0.281. The Labute approximate surface area is 137 Å². The molecule has 2 aliphatic rings. The zero-order chi connectivity index (χ0) is 15.4. The van der Waals surface area contributed by atoms with Gasteiger partial charge >= 0.3 is 0 Å². The third kappa shape index (κ3) is 2.98. The summed E-state index contributed by atoms with van der Waals surface area (Å²) in [6, 6.07) is 2.23. The first-order valence-corrected chi connectivity index (χ1v) is 9.69. The van der Waals surface area contributed by atoms with E-state index in [4.69, 9.17) is 0 Å². The van der Waals surface area contributed by atoms with Gasteiger partial charge in [-0.25, -0.2) is 0 Å². The van der Waals surface area contributed by atoms with Crippen molar-refractivity contribution in [3.8, 4) is 0 Å². The molecule has 0 unspecified atom stereocenters. The fourth-order valence-corrected chi connectivity index (χ4v) is 5.79. The number of hydrogen-bond donors (Lipinski definition) is 1. The SMILES string of the molecule is OC[C@@H]1CCCC[C@]1(c1cc(CCF)cs1)N1CCCCC1. The van der Waals surface area contributed by atoms with Crippen LogP contribution in [0.1, 0.15) is 55.4 Å². The van der Waals surface area contributed by atoms with Crippen LogP contribution in [0.25, 0.3) is 0 Å². The van der Waals surface area contributed by atoms with Gasteiger partial charge in [0.1, 0.15) is 0 Å². The number of aryl methyl sites for hydroxylation is 1. The first-order valence-electron chi connectivity index (χ1n) is 8.81. The average molecular weight is 325 g/mol. The number of aliphatic hydroxyl groups excluding tert-OH is 1. The number of thiophene rings is 1. The third-order valence-corrected chi connectivity index (χ3v) is 6.79. The Hall–Kier alpha value is -0.450. The van der Waals surface area contributed by atoms with Gasteiger partial charge in [-0.15, -0.1) is 11.3 Å². The summed E-state index contributed by atoms with van der Waals surface area (Å²) in [4.78, 5) is 4.03. The minimum Gasteiger partial charge on any atom is -0.396 e. The number of hydrogen-bond acceptors (Lipinski definition) is 3. The number of rotatable bonds is 5. The maximum absolute atomic E-state index is 12.7. The summed E-state index contributed by atoms with van der Waals surface area (Å²) in [5.41, 5.74) is 1.13. The highest BCUT2D eigenvalue weighted by atomic mass is 32.1. The van der Waals surface area contributed by atoms with Crippen molar-refractivity contribution in [1.29, 1.82) is 0 Å². The second-order valence-electron chi connectivity index (χ2n) is 6.86. The van der Waals surface area contributed by atoms with Gasteiger partial charge in [0, 0.05) is 23.8 Å². The molecular formula is C18H28FNOS. The van der Waals surface area contributed by atoms with Crippen LogP contribution in [0.15, 0.2) is 11.4 Å². The number of aliphatic hydroxyl groups is 1. The standard InChI is InChI=1S/C18H28FNOS/c19-9-7-15-12-17(22-14-15)18(20-10-4-1-5-11-20)8-3-2-6-16(18)13-21/h12,14,16,21H,1-11,13H2/t16-,18-/m0/s1. The molecule has 0 amide bonds. The summed E-state index contributed by atoms with van der Waals surface area (Å²) >= 11 is 1.79. The van der Waals surface area contributed by atoms with Crippen molar-refractivity contribution in [3.63, 3.8) is 0 Å². The molecule has 2 atom stereocenters. The fraction of sp³-hybridized carbons (Fsp3) is 0.778. The van der Waals surface area contributed by atoms with Crippen LogP contribution < -0.4 is 0 Å². The van der Waals surface area contributed by atoms with Crippen molar-refractivity contribution in [3.05, 3.63) is 21.9 Å². The molecule has 2 heterocycles. The Bertz CT molecular complexity index is 471. The maximum atomic E-state index is 12.7. The molecule has 1 aliphatic heterocycles. The van der Waals surface area contributed by atoms with Crippen LogP contribution in [0.2, 0.25) is 0 Å². The zero-order valence-electron chi connectivity index (χ0n) is 13.4. The van der Waals surface area contributed by atoms with E-state index in [0.29, 0.717) is 12.3 Å². The molecule has 2 fully saturated rings. The first kappa shape index (κ1) is 16.4. The highest BCUT2D eigenvalue weighted by Crippen LogP contribution is 2.49. The second kappa shape index (κ2) is 7.41. The summed E-state index contributed by atoms with van der Waals surface area (Å²) in [5.74, 6) is 0.330. The molecular weight excluding hydrogens is 297 g/mol. The Morgan fingerprint density at radius 3 is 2.77 bits per heavy atom. The lowest BCUT2D eigenvalue weighted by molar-refractivity contribution is -0.0360. The van der Waals surface area contributed by atoms with Gasteiger partial charge in [0.05, 0.1) is 12.2 Å². The Morgan fingerprint density at radius 2 is 2.05 bits per heavy atom. The quantitative estimate of drug-likeness (QED) is 0.880. The first-order chi connectivity index (χ1) is 10.8. The van der Waals surface area contributed by atoms with E-state index >= 15 is 0 Å². The van der Waals surface area contributed by atoms with Gasteiger partial charge < -0.3 is 5.11 Å². The Balaban J connectivity index is 1.96. The smallest absolute Gasteiger partial charge is 0.0935 e. The van der Waals surface area contributed by atoms with Crippen molar-refractivity contribution in [2.45, 2.75) is 56.9 Å². The number of halogens is 1. The van der Waals surface area contributed by atoms with Gasteiger partial charge in [-0.05, 0) is 55.8 Å². The molecule has 1 N–H and O–H groups in total. The minimum absolute atomic E-state index is 0.00660. The molecule has 4 heteroatoms. The normalized spacial score (nSPS) is 30.5. The third-order valence-electron chi connectivity index (χ3n) is 5.64. The van der Waals surface area contributed by atoms with E-state index in [1.54, 1.807) is 11.3 Å². The summed E-state index contributed by atoms with van der Waals surface area (Å²) in [6.45, 7) is 2.28. The van der Waals surface area contributed by atoms with E-state index in [9.17, 15) is 9.50 Å². The van der Waals surface area contributed by atoms with Gasteiger partial charge in [-0.1, -0.05) is 19.3 Å². The molecule has 1 aromatic heterocycles. The van der Waals surface area contributed by atoms with Crippen molar-refractivity contribution < 1.29 is 9.50 Å². The molecule has 1 saturated carbocycles. The van der Waals surface area contributed by atoms with Crippen molar-refractivity contribution in [2.24, 2.45) is 5.92 Å². The Kier molecular flexibility index (Phi) is 5.53. The van der Waals surface area contributed by atoms with Crippen LogP contribution in [0.5, 0.6) is 0 Å². The lowest BCUT2D eigenvalue weighted by Crippen LogP contribution is -2.55. The van der Waals surface area contributed by atoms with Crippen molar-refractivity contribution >= 4 is 11.3 Å². The van der Waals surface area contributed by atoms with E-state index < -0.39 is 0 Å². The molecule has 3 rings (SSSR count). The molecule has 0 spiro atoms. The van der Waals surface area contributed by atoms with Crippen LogP contribution in [-0.2, 0) is 12.0 Å². The molecule has 0 aromatic carbocycles. The summed E-state index contributed by atoms with van der Waals surface area (Å²) in [6.07, 6.45) is 9.11. The maximum Gasteiger partial charge on any atom is 0.0935 e. The highest BCUT2D eigenvalue weighted by molar-refractivity contribution is 7.10. The zero-order valence-corrected chi connectivity index (χ0v) is 14.2. The predicted octanol–water partition coefficient (Wildman–Crippen LogP) is 4.12. The summed E-state index contributed by atoms with van der Waals surface area (Å²) in [5, 5.41) is 12.2. The Morgan fingerprint density at radius 1 is 1.23 bits per heavy atom. The van der Waals surface area contributed by atoms with Gasteiger partial charge in [0.2, 0.25) is 0 Å². The predicted molar refractivity (Wildman–Crippen MR) is 90.1 cm³/mol. The van der Waals surface area contributed by atoms with E-state index in [0.717, 1.165) is 31.5 Å². The van der Waals surface area contributed by atoms with E-state index in [1.165, 1.54) is 37.0 Å². The average Bonchev–Trinajstić information content (AvgIpc) is 3.05. The molecule has 22 heavy (non-hydrogen) atoms. The van der Waals surface area contributed by atoms with Gasteiger partial charge in [-0.3, -0.25) is 9.29 Å². The van der Waals surface area contributed by atoms with Crippen molar-refractivity contribution in [1.82, 2.24) is 4.90 Å². The van der Waals surface area contributed by atoms with E-state index in [2.05, 4.69) is 16.3 Å². The molecule has 1 saturated heterocycles. The molecule has 0 radical (unpaired) electrons. The second-order valence-corrected chi connectivity index (χ2v) is 7.77. The van der Waals surface area contributed by atoms with Crippen LogP contribution in [0, 0.1) is 5.92 Å². The lowest BCUT2D eigenvalue weighted by atomic mass is 9.70. The van der Waals surface area contributed by atoms with Crippen LogP contribution >= 0.6 is 11.3 Å². The number of alkyl halides is 1. The summed E-state index contributed by atoms with van der Waals surface area (Å²) < 4.78 is 12.7. The molecule has 0 bridgehead atoms. The molecule has 124 valence electrons. The van der Waals surface area contributed by atoms with Gasteiger partial charge in [-0.2, -0.15) is 0 Å².